The Morgan fingerprint density at radius 2 is 1.77 bits per heavy atom. The average molecular weight is 465 g/mol. The zero-order valence-electron chi connectivity index (χ0n) is 18.4. The minimum Gasteiger partial charge on any atom is -0.488 e. The van der Waals surface area contributed by atoms with Gasteiger partial charge in [-0.25, -0.2) is 5.43 Å². The third-order valence-corrected chi connectivity index (χ3v) is 5.49. The highest BCUT2D eigenvalue weighted by Gasteiger charge is 2.14. The Balaban J connectivity index is 1.28. The molecular formula is C27H19N3O5. The highest BCUT2D eigenvalue weighted by molar-refractivity contribution is 5.97. The van der Waals surface area contributed by atoms with Crippen molar-refractivity contribution >= 4 is 39.6 Å². The van der Waals surface area contributed by atoms with Crippen molar-refractivity contribution in [2.45, 2.75) is 6.61 Å². The lowest BCUT2D eigenvalue weighted by atomic mass is 10.1. The number of carbonyl (C=O) groups is 1. The number of rotatable bonds is 7. The van der Waals surface area contributed by atoms with Gasteiger partial charge in [-0.2, -0.15) is 5.10 Å². The van der Waals surface area contributed by atoms with Gasteiger partial charge in [-0.1, -0.05) is 54.6 Å². The molecule has 35 heavy (non-hydrogen) atoms. The molecule has 0 unspecified atom stereocenters. The molecule has 1 aromatic heterocycles. The van der Waals surface area contributed by atoms with Crippen LogP contribution in [0.1, 0.15) is 21.7 Å². The van der Waals surface area contributed by atoms with E-state index < -0.39 is 10.8 Å². The summed E-state index contributed by atoms with van der Waals surface area (Å²) in [5, 5.41) is 17.7. The van der Waals surface area contributed by atoms with Crippen LogP contribution in [0.4, 0.5) is 5.69 Å². The lowest BCUT2D eigenvalue weighted by Crippen LogP contribution is -2.16. The molecule has 4 aromatic carbocycles. The smallest absolute Gasteiger partial charge is 0.307 e. The molecule has 172 valence electrons. The van der Waals surface area contributed by atoms with Gasteiger partial charge < -0.3 is 9.15 Å². The fourth-order valence-corrected chi connectivity index (χ4v) is 3.76. The molecule has 0 fully saturated rings. The van der Waals surface area contributed by atoms with Crippen LogP contribution in [0.2, 0.25) is 0 Å². The van der Waals surface area contributed by atoms with Crippen molar-refractivity contribution in [2.24, 2.45) is 5.10 Å². The van der Waals surface area contributed by atoms with Crippen molar-refractivity contribution in [3.05, 3.63) is 118 Å². The summed E-state index contributed by atoms with van der Waals surface area (Å²) in [5.41, 5.74) is 4.46. The molecule has 8 nitrogen and oxygen atoms in total. The minimum atomic E-state index is -0.575. The van der Waals surface area contributed by atoms with Crippen LogP contribution in [-0.4, -0.2) is 17.0 Å². The first kappa shape index (κ1) is 21.8. The zero-order chi connectivity index (χ0) is 24.2. The largest absolute Gasteiger partial charge is 0.488 e. The van der Waals surface area contributed by atoms with E-state index in [4.69, 9.17) is 9.15 Å². The van der Waals surface area contributed by atoms with E-state index in [1.54, 1.807) is 0 Å². The van der Waals surface area contributed by atoms with Crippen LogP contribution in [0.15, 0.2) is 101 Å². The van der Waals surface area contributed by atoms with Crippen molar-refractivity contribution in [1.29, 1.82) is 0 Å². The van der Waals surface area contributed by atoms with Gasteiger partial charge in [0.05, 0.1) is 11.1 Å². The van der Waals surface area contributed by atoms with E-state index >= 15 is 0 Å². The van der Waals surface area contributed by atoms with Crippen molar-refractivity contribution in [3.8, 4) is 5.75 Å². The fraction of sp³-hybridized carbons (Fsp3) is 0.0370. The van der Waals surface area contributed by atoms with E-state index in [0.29, 0.717) is 28.9 Å². The van der Waals surface area contributed by atoms with Crippen LogP contribution >= 0.6 is 0 Å². The first-order valence-corrected chi connectivity index (χ1v) is 10.8. The molecule has 0 aliphatic rings. The zero-order valence-corrected chi connectivity index (χ0v) is 18.4. The summed E-state index contributed by atoms with van der Waals surface area (Å²) in [4.78, 5) is 22.9. The molecule has 0 saturated carbocycles. The van der Waals surface area contributed by atoms with Gasteiger partial charge in [0.1, 0.15) is 17.9 Å². The number of furan rings is 1. The molecule has 5 aromatic rings. The number of nitrogens with zero attached hydrogens (tertiary/aromatic N) is 2. The van der Waals surface area contributed by atoms with E-state index in [2.05, 4.69) is 28.7 Å². The number of nitro benzene ring substituents is 1. The average Bonchev–Trinajstić information content (AvgIpc) is 3.32. The number of nitrogens with one attached hydrogen (secondary N) is 1. The van der Waals surface area contributed by atoms with Crippen molar-refractivity contribution < 1.29 is 18.9 Å². The SMILES string of the molecule is O=C(N/N=C/c1ccccc1OCc1cccc2ccccc12)c1cc2cc([N+](=O)[O-])ccc2o1. The monoisotopic (exact) mass is 465 g/mol. The van der Waals surface area contributed by atoms with Crippen LogP contribution < -0.4 is 10.2 Å². The number of hydrazone groups is 1. The number of hydrogen-bond donors (Lipinski definition) is 1. The number of hydrogen-bond acceptors (Lipinski definition) is 6. The number of benzene rings is 4. The van der Waals surface area contributed by atoms with Crippen molar-refractivity contribution in [2.75, 3.05) is 0 Å². The van der Waals surface area contributed by atoms with Gasteiger partial charge in [-0.05, 0) is 40.6 Å². The Kier molecular flexibility index (Phi) is 5.92. The highest BCUT2D eigenvalue weighted by atomic mass is 16.6. The second-order valence-electron chi connectivity index (χ2n) is 7.75. The minimum absolute atomic E-state index is 0.00172. The molecule has 0 radical (unpaired) electrons. The summed E-state index contributed by atoms with van der Waals surface area (Å²) in [5.74, 6) is 0.0434. The van der Waals surface area contributed by atoms with Crippen LogP contribution in [0, 0.1) is 10.1 Å². The van der Waals surface area contributed by atoms with Gasteiger partial charge in [0.15, 0.2) is 5.76 Å². The third kappa shape index (κ3) is 4.72. The van der Waals surface area contributed by atoms with Crippen LogP contribution in [0.3, 0.4) is 0 Å². The number of nitro groups is 1. The Bertz CT molecular complexity index is 1580. The molecule has 5 rings (SSSR count). The molecule has 0 aliphatic carbocycles. The summed E-state index contributed by atoms with van der Waals surface area (Å²) in [6, 6.07) is 27.2. The number of para-hydroxylation sites is 1. The first-order valence-electron chi connectivity index (χ1n) is 10.8. The Morgan fingerprint density at radius 3 is 2.66 bits per heavy atom. The molecule has 0 saturated heterocycles. The fourth-order valence-electron chi connectivity index (χ4n) is 3.76. The van der Waals surface area contributed by atoms with Crippen molar-refractivity contribution in [1.82, 2.24) is 5.43 Å². The molecular weight excluding hydrogens is 446 g/mol. The molecule has 1 N–H and O–H groups in total. The van der Waals surface area contributed by atoms with E-state index in [0.717, 1.165) is 16.3 Å². The Morgan fingerprint density at radius 1 is 0.971 bits per heavy atom. The second-order valence-corrected chi connectivity index (χ2v) is 7.75. The topological polar surface area (TPSA) is 107 Å². The Labute approximate surface area is 199 Å². The molecule has 0 bridgehead atoms. The molecule has 0 spiro atoms. The number of fused-ring (bicyclic) bond motifs is 2. The quantitative estimate of drug-likeness (QED) is 0.185. The summed E-state index contributed by atoms with van der Waals surface area (Å²) in [7, 11) is 0. The second kappa shape index (κ2) is 9.48. The van der Waals surface area contributed by atoms with Gasteiger partial charge in [0, 0.05) is 23.1 Å². The third-order valence-electron chi connectivity index (χ3n) is 5.49. The number of carbonyl (C=O) groups excluding carboxylic acids is 1. The first-order chi connectivity index (χ1) is 17.1. The van der Waals surface area contributed by atoms with E-state index in [-0.39, 0.29) is 11.4 Å². The van der Waals surface area contributed by atoms with Gasteiger partial charge >= 0.3 is 5.91 Å². The number of non-ortho nitro benzene ring substituents is 1. The molecule has 1 heterocycles. The van der Waals surface area contributed by atoms with Gasteiger partial charge in [-0.3, -0.25) is 14.9 Å². The Hall–Kier alpha value is -4.98. The predicted molar refractivity (Wildman–Crippen MR) is 133 cm³/mol. The summed E-state index contributed by atoms with van der Waals surface area (Å²) < 4.78 is 11.5. The van der Waals surface area contributed by atoms with Crippen LogP contribution in [0.5, 0.6) is 5.75 Å². The molecule has 1 amide bonds. The van der Waals surface area contributed by atoms with Crippen LogP contribution in [0.25, 0.3) is 21.7 Å². The highest BCUT2D eigenvalue weighted by Crippen LogP contribution is 2.25. The van der Waals surface area contributed by atoms with Crippen molar-refractivity contribution in [3.63, 3.8) is 0 Å². The lowest BCUT2D eigenvalue weighted by molar-refractivity contribution is -0.384. The van der Waals surface area contributed by atoms with E-state index in [1.165, 1.54) is 30.5 Å². The number of ether oxygens (including phenoxy) is 1. The van der Waals surface area contributed by atoms with Gasteiger partial charge in [0.25, 0.3) is 5.69 Å². The molecule has 8 heteroatoms. The normalized spacial score (nSPS) is 11.2. The predicted octanol–water partition coefficient (Wildman–Crippen LogP) is 5.84. The molecule has 0 aliphatic heterocycles. The summed E-state index contributed by atoms with van der Waals surface area (Å²) in [6.45, 7) is 0.379. The molecule has 0 atom stereocenters. The standard InChI is InChI=1S/C27H19N3O5/c31-27(26-15-21-14-22(30(32)33)12-13-25(21)35-26)29-28-16-19-7-2-4-11-24(19)34-17-20-9-5-8-18-6-1-3-10-23(18)20/h1-16H,17H2,(H,29,31)/b28-16+. The number of amides is 1. The van der Waals surface area contributed by atoms with E-state index in [1.807, 2.05) is 48.5 Å². The van der Waals surface area contributed by atoms with Crippen LogP contribution in [-0.2, 0) is 6.61 Å². The van der Waals surface area contributed by atoms with E-state index in [9.17, 15) is 14.9 Å². The maximum atomic E-state index is 12.5. The maximum Gasteiger partial charge on any atom is 0.307 e. The summed E-state index contributed by atoms with van der Waals surface area (Å²) >= 11 is 0. The van der Waals surface area contributed by atoms with Gasteiger partial charge in [0.2, 0.25) is 0 Å². The maximum absolute atomic E-state index is 12.5. The summed E-state index contributed by atoms with van der Waals surface area (Å²) in [6.07, 6.45) is 1.49. The lowest BCUT2D eigenvalue weighted by Gasteiger charge is -2.11. The van der Waals surface area contributed by atoms with Gasteiger partial charge in [-0.15, -0.1) is 0 Å².